The van der Waals surface area contributed by atoms with Crippen molar-refractivity contribution in [3.05, 3.63) is 33.2 Å². The van der Waals surface area contributed by atoms with Crippen molar-refractivity contribution in [3.8, 4) is 11.5 Å². The Morgan fingerprint density at radius 3 is 3.05 bits per heavy atom. The maximum absolute atomic E-state index is 5.43. The molecule has 1 saturated heterocycles. The molecule has 2 heterocycles. The van der Waals surface area contributed by atoms with Crippen molar-refractivity contribution in [2.24, 2.45) is 0 Å². The zero-order valence-corrected chi connectivity index (χ0v) is 13.7. The molecule has 0 amide bonds. The number of nitrogens with zero attached hydrogens (tertiary/aromatic N) is 3. The monoisotopic (exact) mass is 384 g/mol. The fourth-order valence-electron chi connectivity index (χ4n) is 2.31. The lowest BCUT2D eigenvalue weighted by atomic mass is 10.1. The molecule has 1 unspecified atom stereocenters. The summed E-state index contributed by atoms with van der Waals surface area (Å²) in [7, 11) is 2.09. The van der Waals surface area contributed by atoms with Crippen molar-refractivity contribution in [1.82, 2.24) is 20.4 Å². The molecule has 0 aliphatic carbocycles. The third kappa shape index (κ3) is 2.72. The molecule has 1 aromatic heterocycles. The minimum atomic E-state index is 0.186. The van der Waals surface area contributed by atoms with Gasteiger partial charge in [0.15, 0.2) is 5.82 Å². The first-order valence-electron chi connectivity index (χ1n) is 6.66. The molecular formula is C14H17IN4O. The van der Waals surface area contributed by atoms with Crippen LogP contribution in [0.25, 0.3) is 11.5 Å². The highest BCUT2D eigenvalue weighted by Crippen LogP contribution is 2.25. The van der Waals surface area contributed by atoms with Gasteiger partial charge >= 0.3 is 0 Å². The molecule has 0 spiro atoms. The summed E-state index contributed by atoms with van der Waals surface area (Å²) < 4.78 is 6.63. The molecule has 1 aromatic carbocycles. The van der Waals surface area contributed by atoms with Crippen LogP contribution in [0.3, 0.4) is 0 Å². The van der Waals surface area contributed by atoms with Crippen LogP contribution in [0.4, 0.5) is 0 Å². The van der Waals surface area contributed by atoms with E-state index in [1.54, 1.807) is 0 Å². The van der Waals surface area contributed by atoms with E-state index >= 15 is 0 Å². The van der Waals surface area contributed by atoms with Crippen molar-refractivity contribution in [2.45, 2.75) is 13.0 Å². The molecule has 106 valence electrons. The van der Waals surface area contributed by atoms with Gasteiger partial charge in [-0.15, -0.1) is 0 Å². The van der Waals surface area contributed by atoms with E-state index in [9.17, 15) is 0 Å². The molecule has 5 nitrogen and oxygen atoms in total. The zero-order valence-electron chi connectivity index (χ0n) is 11.6. The average Bonchev–Trinajstić information content (AvgIpc) is 2.92. The number of likely N-dealkylation sites (N-methyl/N-ethyl adjacent to an activating group) is 1. The second-order valence-electron chi connectivity index (χ2n) is 5.12. The summed E-state index contributed by atoms with van der Waals surface area (Å²) in [5.41, 5.74) is 2.23. The van der Waals surface area contributed by atoms with E-state index in [0.29, 0.717) is 5.89 Å². The Balaban J connectivity index is 1.87. The van der Waals surface area contributed by atoms with Crippen molar-refractivity contribution in [1.29, 1.82) is 0 Å². The molecule has 6 heteroatoms. The Kier molecular flexibility index (Phi) is 4.04. The molecule has 1 atom stereocenters. The normalized spacial score (nSPS) is 20.2. The Morgan fingerprint density at radius 2 is 2.30 bits per heavy atom. The molecule has 0 bridgehead atoms. The average molecular weight is 384 g/mol. The molecule has 0 saturated carbocycles. The lowest BCUT2D eigenvalue weighted by Crippen LogP contribution is -2.44. The van der Waals surface area contributed by atoms with Crippen LogP contribution in [0.2, 0.25) is 0 Å². The lowest BCUT2D eigenvalue weighted by Gasteiger charge is -2.30. The van der Waals surface area contributed by atoms with Gasteiger partial charge in [-0.2, -0.15) is 4.98 Å². The summed E-state index contributed by atoms with van der Waals surface area (Å²) in [5, 5.41) is 7.51. The summed E-state index contributed by atoms with van der Waals surface area (Å²) in [6, 6.07) is 6.37. The highest BCUT2D eigenvalue weighted by atomic mass is 127. The van der Waals surface area contributed by atoms with Gasteiger partial charge in [-0.05, 0) is 54.3 Å². The molecule has 20 heavy (non-hydrogen) atoms. The second kappa shape index (κ2) is 5.79. The molecule has 1 N–H and O–H groups in total. The van der Waals surface area contributed by atoms with Crippen LogP contribution in [0.1, 0.15) is 17.4 Å². The zero-order chi connectivity index (χ0) is 14.1. The van der Waals surface area contributed by atoms with E-state index in [1.807, 2.05) is 6.07 Å². The van der Waals surface area contributed by atoms with E-state index in [2.05, 4.69) is 69.1 Å². The third-order valence-corrected chi connectivity index (χ3v) is 4.83. The van der Waals surface area contributed by atoms with Crippen molar-refractivity contribution < 1.29 is 4.52 Å². The highest BCUT2D eigenvalue weighted by Gasteiger charge is 2.25. The first-order chi connectivity index (χ1) is 9.65. The number of hydrogen-bond donors (Lipinski definition) is 1. The van der Waals surface area contributed by atoms with Crippen LogP contribution in [-0.4, -0.2) is 41.7 Å². The Morgan fingerprint density at radius 1 is 1.45 bits per heavy atom. The Bertz CT molecular complexity index is 613. The molecule has 1 fully saturated rings. The Labute approximate surface area is 131 Å². The summed E-state index contributed by atoms with van der Waals surface area (Å²) in [5.74, 6) is 1.35. The van der Waals surface area contributed by atoms with E-state index in [1.165, 1.54) is 9.13 Å². The highest BCUT2D eigenvalue weighted by molar-refractivity contribution is 14.1. The SMILES string of the molecule is Cc1ccc(-c2nc(C3CNCCN3C)no2)cc1I. The second-order valence-corrected chi connectivity index (χ2v) is 6.28. The lowest BCUT2D eigenvalue weighted by molar-refractivity contribution is 0.190. The predicted molar refractivity (Wildman–Crippen MR) is 85.4 cm³/mol. The summed E-state index contributed by atoms with van der Waals surface area (Å²) in [4.78, 5) is 6.82. The van der Waals surface area contributed by atoms with Crippen molar-refractivity contribution in [2.75, 3.05) is 26.7 Å². The summed E-state index contributed by atoms with van der Waals surface area (Å²) >= 11 is 2.32. The number of nitrogens with one attached hydrogen (secondary N) is 1. The minimum absolute atomic E-state index is 0.186. The predicted octanol–water partition coefficient (Wildman–Crippen LogP) is 2.23. The number of aromatic nitrogens is 2. The number of benzene rings is 1. The van der Waals surface area contributed by atoms with Gasteiger partial charge < -0.3 is 9.84 Å². The molecular weight excluding hydrogens is 367 g/mol. The van der Waals surface area contributed by atoms with E-state index in [0.717, 1.165) is 31.0 Å². The molecule has 0 radical (unpaired) electrons. The molecule has 2 aromatic rings. The standard InChI is InChI=1S/C14H17IN4O/c1-9-3-4-10(7-11(9)15)14-17-13(18-20-14)12-8-16-5-6-19(12)2/h3-4,7,12,16H,5-6,8H2,1-2H3. The number of piperazine rings is 1. The smallest absolute Gasteiger partial charge is 0.258 e. The van der Waals surface area contributed by atoms with E-state index < -0.39 is 0 Å². The van der Waals surface area contributed by atoms with E-state index in [-0.39, 0.29) is 6.04 Å². The first-order valence-corrected chi connectivity index (χ1v) is 7.74. The van der Waals surface area contributed by atoms with Gasteiger partial charge in [0.1, 0.15) is 0 Å². The molecule has 1 aliphatic heterocycles. The fourth-order valence-corrected chi connectivity index (χ4v) is 2.82. The number of hydrogen-bond acceptors (Lipinski definition) is 5. The minimum Gasteiger partial charge on any atom is -0.334 e. The van der Waals surface area contributed by atoms with Crippen LogP contribution < -0.4 is 5.32 Å². The van der Waals surface area contributed by atoms with Gasteiger partial charge in [0, 0.05) is 28.8 Å². The van der Waals surface area contributed by atoms with Gasteiger partial charge in [-0.1, -0.05) is 11.2 Å². The van der Waals surface area contributed by atoms with Crippen molar-refractivity contribution in [3.63, 3.8) is 0 Å². The summed E-state index contributed by atoms with van der Waals surface area (Å²) in [6.07, 6.45) is 0. The van der Waals surface area contributed by atoms with Gasteiger partial charge in [-0.3, -0.25) is 4.90 Å². The van der Waals surface area contributed by atoms with Gasteiger partial charge in [0.25, 0.3) is 5.89 Å². The quantitative estimate of drug-likeness (QED) is 0.805. The largest absolute Gasteiger partial charge is 0.334 e. The Hall–Kier alpha value is -0.990. The third-order valence-electron chi connectivity index (χ3n) is 3.67. The maximum atomic E-state index is 5.43. The van der Waals surface area contributed by atoms with Crippen molar-refractivity contribution >= 4 is 22.6 Å². The van der Waals surface area contributed by atoms with E-state index in [4.69, 9.17) is 4.52 Å². The molecule has 3 rings (SSSR count). The van der Waals surface area contributed by atoms with Gasteiger partial charge in [-0.25, -0.2) is 0 Å². The molecule has 1 aliphatic rings. The van der Waals surface area contributed by atoms with Crippen LogP contribution in [0.5, 0.6) is 0 Å². The number of rotatable bonds is 2. The maximum Gasteiger partial charge on any atom is 0.258 e. The summed E-state index contributed by atoms with van der Waals surface area (Å²) in [6.45, 7) is 4.96. The number of aryl methyl sites for hydroxylation is 1. The van der Waals surface area contributed by atoms with Crippen LogP contribution in [0, 0.1) is 10.5 Å². The van der Waals surface area contributed by atoms with Gasteiger partial charge in [0.2, 0.25) is 0 Å². The van der Waals surface area contributed by atoms with Crippen LogP contribution >= 0.6 is 22.6 Å². The van der Waals surface area contributed by atoms with Crippen LogP contribution in [0.15, 0.2) is 22.7 Å². The topological polar surface area (TPSA) is 54.2 Å². The van der Waals surface area contributed by atoms with Crippen LogP contribution in [-0.2, 0) is 0 Å². The first kappa shape index (κ1) is 14.0. The van der Waals surface area contributed by atoms with Gasteiger partial charge in [0.05, 0.1) is 6.04 Å². The number of halogens is 1. The fraction of sp³-hybridized carbons (Fsp3) is 0.429.